The Kier molecular flexibility index (Phi) is 5.49. The number of pyridine rings is 1. The van der Waals surface area contributed by atoms with E-state index in [-0.39, 0.29) is 0 Å². The SMILES string of the molecule is Cc1ccc(Cl)cc1N1CCN(c2ccc(S(=O)(=O)N3CCCC3)c[nH+]2)CC1. The van der Waals surface area contributed by atoms with E-state index >= 15 is 0 Å². The minimum atomic E-state index is -3.38. The smallest absolute Gasteiger partial charge is 0.274 e. The molecule has 0 unspecified atom stereocenters. The van der Waals surface area contributed by atoms with Crippen LogP contribution >= 0.6 is 11.6 Å². The van der Waals surface area contributed by atoms with Crippen molar-refractivity contribution in [3.63, 3.8) is 0 Å². The van der Waals surface area contributed by atoms with Gasteiger partial charge in [-0.15, -0.1) is 0 Å². The zero-order valence-corrected chi connectivity index (χ0v) is 17.6. The summed E-state index contributed by atoms with van der Waals surface area (Å²) in [6, 6.07) is 9.59. The summed E-state index contributed by atoms with van der Waals surface area (Å²) in [7, 11) is -3.38. The average molecular weight is 422 g/mol. The first-order valence-electron chi connectivity index (χ1n) is 9.73. The van der Waals surface area contributed by atoms with E-state index in [4.69, 9.17) is 11.6 Å². The molecule has 28 heavy (non-hydrogen) atoms. The van der Waals surface area contributed by atoms with Crippen molar-refractivity contribution in [3.8, 4) is 0 Å². The molecule has 3 heterocycles. The number of benzene rings is 1. The molecule has 0 bridgehead atoms. The van der Waals surface area contributed by atoms with Gasteiger partial charge in [0.25, 0.3) is 5.82 Å². The van der Waals surface area contributed by atoms with Gasteiger partial charge in [0, 0.05) is 29.9 Å². The van der Waals surface area contributed by atoms with Crippen LogP contribution in [0.1, 0.15) is 18.4 Å². The Hall–Kier alpha value is -1.83. The van der Waals surface area contributed by atoms with Crippen LogP contribution in [0.25, 0.3) is 0 Å². The van der Waals surface area contributed by atoms with Gasteiger partial charge in [-0.1, -0.05) is 17.7 Å². The second-order valence-electron chi connectivity index (χ2n) is 7.43. The van der Waals surface area contributed by atoms with Crippen LogP contribution in [-0.2, 0) is 10.0 Å². The standard InChI is InChI=1S/C20H25ClN4O2S/c1-16-4-5-17(21)14-19(16)23-10-12-24(13-11-23)20-7-6-18(15-22-20)28(26,27)25-8-2-3-9-25/h4-7,14-15H,2-3,8-13H2,1H3/p+1. The molecule has 1 N–H and O–H groups in total. The maximum atomic E-state index is 12.7. The molecule has 2 aliphatic rings. The van der Waals surface area contributed by atoms with Crippen LogP contribution in [0, 0.1) is 6.92 Å². The van der Waals surface area contributed by atoms with Crippen LogP contribution in [0.5, 0.6) is 0 Å². The lowest BCUT2D eigenvalue weighted by Gasteiger charge is -2.33. The number of nitrogens with zero attached hydrogens (tertiary/aromatic N) is 3. The predicted molar refractivity (Wildman–Crippen MR) is 112 cm³/mol. The third kappa shape index (κ3) is 3.83. The van der Waals surface area contributed by atoms with Gasteiger partial charge in [-0.05, 0) is 43.5 Å². The lowest BCUT2D eigenvalue weighted by molar-refractivity contribution is -0.367. The highest BCUT2D eigenvalue weighted by atomic mass is 35.5. The van der Waals surface area contributed by atoms with Gasteiger partial charge >= 0.3 is 0 Å². The number of aromatic nitrogens is 1. The number of hydrogen-bond acceptors (Lipinski definition) is 4. The van der Waals surface area contributed by atoms with E-state index < -0.39 is 10.0 Å². The number of H-pyrrole nitrogens is 1. The van der Waals surface area contributed by atoms with Crippen molar-refractivity contribution >= 4 is 33.1 Å². The molecule has 0 spiro atoms. The lowest BCUT2D eigenvalue weighted by Crippen LogP contribution is -2.48. The fourth-order valence-corrected chi connectivity index (χ4v) is 5.60. The fourth-order valence-electron chi connectivity index (χ4n) is 3.95. The van der Waals surface area contributed by atoms with Crippen molar-refractivity contribution in [3.05, 3.63) is 47.1 Å². The molecule has 4 rings (SSSR count). The predicted octanol–water partition coefficient (Wildman–Crippen LogP) is 2.57. The Morgan fingerprint density at radius 1 is 0.929 bits per heavy atom. The summed E-state index contributed by atoms with van der Waals surface area (Å²) in [5, 5.41) is 0.756. The number of aromatic amines is 1. The molecule has 8 heteroatoms. The van der Waals surface area contributed by atoms with Crippen molar-refractivity contribution in [2.24, 2.45) is 0 Å². The Labute approximate surface area is 171 Å². The lowest BCUT2D eigenvalue weighted by atomic mass is 10.1. The van der Waals surface area contributed by atoms with E-state index in [1.54, 1.807) is 16.6 Å². The van der Waals surface area contributed by atoms with Crippen molar-refractivity contribution in [2.75, 3.05) is 49.1 Å². The number of piperazine rings is 1. The molecular formula is C20H26ClN4O2S+. The van der Waals surface area contributed by atoms with Gasteiger partial charge in [-0.3, -0.25) is 4.90 Å². The number of aryl methyl sites for hydroxylation is 1. The van der Waals surface area contributed by atoms with E-state index in [0.717, 1.165) is 49.9 Å². The monoisotopic (exact) mass is 421 g/mol. The van der Waals surface area contributed by atoms with Crippen LogP contribution in [0.4, 0.5) is 11.5 Å². The van der Waals surface area contributed by atoms with E-state index in [1.165, 1.54) is 11.3 Å². The topological polar surface area (TPSA) is 58.0 Å². The Morgan fingerprint density at radius 3 is 2.25 bits per heavy atom. The van der Waals surface area contributed by atoms with Crippen molar-refractivity contribution in [1.82, 2.24) is 4.31 Å². The maximum Gasteiger partial charge on any atom is 0.274 e. The summed E-state index contributed by atoms with van der Waals surface area (Å²) < 4.78 is 26.9. The van der Waals surface area contributed by atoms with Crippen molar-refractivity contribution in [1.29, 1.82) is 0 Å². The van der Waals surface area contributed by atoms with Gasteiger partial charge in [-0.2, -0.15) is 4.31 Å². The number of hydrogen-bond donors (Lipinski definition) is 0. The molecule has 0 amide bonds. The van der Waals surface area contributed by atoms with Gasteiger partial charge in [-0.25, -0.2) is 13.4 Å². The summed E-state index contributed by atoms with van der Waals surface area (Å²) in [5.41, 5.74) is 2.41. The number of anilines is 2. The van der Waals surface area contributed by atoms with Crippen LogP contribution in [0.3, 0.4) is 0 Å². The summed E-state index contributed by atoms with van der Waals surface area (Å²) in [4.78, 5) is 8.13. The summed E-state index contributed by atoms with van der Waals surface area (Å²) in [6.45, 7) is 6.85. The Bertz CT molecular complexity index is 935. The van der Waals surface area contributed by atoms with Crippen molar-refractivity contribution < 1.29 is 13.4 Å². The molecule has 2 aliphatic heterocycles. The second kappa shape index (κ2) is 7.89. The average Bonchev–Trinajstić information content (AvgIpc) is 3.26. The molecule has 0 atom stereocenters. The Balaban J connectivity index is 1.43. The van der Waals surface area contributed by atoms with E-state index in [9.17, 15) is 8.42 Å². The number of nitrogens with one attached hydrogen (secondary N) is 1. The van der Waals surface area contributed by atoms with Gasteiger partial charge in [0.2, 0.25) is 10.0 Å². The Morgan fingerprint density at radius 2 is 1.61 bits per heavy atom. The minimum absolute atomic E-state index is 0.339. The molecule has 2 saturated heterocycles. The quantitative estimate of drug-likeness (QED) is 0.761. The number of rotatable bonds is 4. The molecular weight excluding hydrogens is 396 g/mol. The first kappa shape index (κ1) is 19.5. The molecule has 2 aromatic rings. The molecule has 0 aliphatic carbocycles. The third-order valence-electron chi connectivity index (χ3n) is 5.60. The van der Waals surface area contributed by atoms with Crippen molar-refractivity contribution in [2.45, 2.75) is 24.7 Å². The van der Waals surface area contributed by atoms with Crippen LogP contribution in [0.15, 0.2) is 41.4 Å². The minimum Gasteiger partial charge on any atom is -0.363 e. The second-order valence-corrected chi connectivity index (χ2v) is 9.80. The van der Waals surface area contributed by atoms with Gasteiger partial charge in [0.15, 0.2) is 0 Å². The van der Waals surface area contributed by atoms with Crippen LogP contribution in [-0.4, -0.2) is 52.0 Å². The first-order chi connectivity index (χ1) is 13.4. The number of sulfonamides is 1. The van der Waals surface area contributed by atoms with E-state index in [0.29, 0.717) is 18.0 Å². The third-order valence-corrected chi connectivity index (χ3v) is 7.73. The molecule has 150 valence electrons. The van der Waals surface area contributed by atoms with E-state index in [2.05, 4.69) is 27.8 Å². The molecule has 1 aromatic heterocycles. The molecule has 6 nitrogen and oxygen atoms in total. The van der Waals surface area contributed by atoms with Crippen LogP contribution in [0.2, 0.25) is 5.02 Å². The van der Waals surface area contributed by atoms with Gasteiger partial charge in [0.1, 0.15) is 24.2 Å². The molecule has 1 aromatic carbocycles. The zero-order chi connectivity index (χ0) is 19.7. The largest absolute Gasteiger partial charge is 0.363 e. The molecule has 0 radical (unpaired) electrons. The normalized spacial score (nSPS) is 18.6. The highest BCUT2D eigenvalue weighted by molar-refractivity contribution is 7.89. The highest BCUT2D eigenvalue weighted by Gasteiger charge is 2.29. The first-order valence-corrected chi connectivity index (χ1v) is 11.5. The molecule has 2 fully saturated rings. The summed E-state index contributed by atoms with van der Waals surface area (Å²) in [6.07, 6.45) is 3.51. The highest BCUT2D eigenvalue weighted by Crippen LogP contribution is 2.26. The van der Waals surface area contributed by atoms with E-state index in [1.807, 2.05) is 18.2 Å². The fraction of sp³-hybridized carbons (Fsp3) is 0.450. The summed E-state index contributed by atoms with van der Waals surface area (Å²) in [5.74, 6) is 0.947. The van der Waals surface area contributed by atoms with Gasteiger partial charge in [0.05, 0.1) is 13.1 Å². The maximum absolute atomic E-state index is 12.7. The van der Waals surface area contributed by atoms with Gasteiger partial charge < -0.3 is 4.90 Å². The zero-order valence-electron chi connectivity index (χ0n) is 16.1. The summed E-state index contributed by atoms with van der Waals surface area (Å²) >= 11 is 6.16. The van der Waals surface area contributed by atoms with Crippen LogP contribution < -0.4 is 14.8 Å². The number of halogens is 1. The molecule has 0 saturated carbocycles.